The SMILES string of the molecule is CC(N)c1cccnc1SCCCO. The molecular formula is C10H16N2OS. The lowest BCUT2D eigenvalue weighted by Crippen LogP contribution is -2.07. The second kappa shape index (κ2) is 6.01. The number of hydrogen-bond acceptors (Lipinski definition) is 4. The molecule has 0 fully saturated rings. The third kappa shape index (κ3) is 3.29. The number of rotatable bonds is 5. The van der Waals surface area contributed by atoms with E-state index in [0.717, 1.165) is 22.8 Å². The van der Waals surface area contributed by atoms with Gasteiger partial charge in [-0.25, -0.2) is 4.98 Å². The largest absolute Gasteiger partial charge is 0.396 e. The molecule has 3 N–H and O–H groups in total. The monoisotopic (exact) mass is 212 g/mol. The lowest BCUT2D eigenvalue weighted by Gasteiger charge is -2.10. The molecule has 0 amide bonds. The molecule has 1 unspecified atom stereocenters. The maximum atomic E-state index is 8.66. The first kappa shape index (κ1) is 11.5. The fourth-order valence-corrected chi connectivity index (χ4v) is 2.13. The summed E-state index contributed by atoms with van der Waals surface area (Å²) in [5, 5.41) is 9.65. The highest BCUT2D eigenvalue weighted by Gasteiger charge is 2.07. The highest BCUT2D eigenvalue weighted by atomic mass is 32.2. The Morgan fingerprint density at radius 1 is 1.64 bits per heavy atom. The van der Waals surface area contributed by atoms with E-state index in [1.54, 1.807) is 18.0 Å². The van der Waals surface area contributed by atoms with Crippen LogP contribution in [0.25, 0.3) is 0 Å². The van der Waals surface area contributed by atoms with Crippen molar-refractivity contribution >= 4 is 11.8 Å². The van der Waals surface area contributed by atoms with E-state index < -0.39 is 0 Å². The van der Waals surface area contributed by atoms with Gasteiger partial charge in [-0.1, -0.05) is 6.07 Å². The third-order valence-electron chi connectivity index (χ3n) is 1.83. The molecule has 0 radical (unpaired) electrons. The van der Waals surface area contributed by atoms with Crippen molar-refractivity contribution in [1.29, 1.82) is 0 Å². The van der Waals surface area contributed by atoms with Crippen molar-refractivity contribution in [3.63, 3.8) is 0 Å². The van der Waals surface area contributed by atoms with Crippen LogP contribution in [-0.4, -0.2) is 22.5 Å². The highest BCUT2D eigenvalue weighted by molar-refractivity contribution is 7.99. The Kier molecular flexibility index (Phi) is 4.93. The van der Waals surface area contributed by atoms with Crippen LogP contribution in [0.3, 0.4) is 0 Å². The number of hydrogen-bond donors (Lipinski definition) is 2. The summed E-state index contributed by atoms with van der Waals surface area (Å²) >= 11 is 1.65. The molecule has 0 aromatic carbocycles. The maximum Gasteiger partial charge on any atom is 0.101 e. The second-order valence-corrected chi connectivity index (χ2v) is 4.20. The minimum absolute atomic E-state index is 0.0142. The fraction of sp³-hybridized carbons (Fsp3) is 0.500. The molecule has 0 saturated carbocycles. The van der Waals surface area contributed by atoms with E-state index in [1.807, 2.05) is 19.1 Å². The van der Waals surface area contributed by atoms with E-state index in [1.165, 1.54) is 0 Å². The van der Waals surface area contributed by atoms with Crippen LogP contribution in [0, 0.1) is 0 Å². The molecule has 1 rings (SSSR count). The number of aromatic nitrogens is 1. The Balaban J connectivity index is 2.64. The summed E-state index contributed by atoms with van der Waals surface area (Å²) in [6.07, 6.45) is 2.56. The van der Waals surface area contributed by atoms with Crippen molar-refractivity contribution < 1.29 is 5.11 Å². The van der Waals surface area contributed by atoms with Gasteiger partial charge in [0.05, 0.1) is 0 Å². The number of thioether (sulfide) groups is 1. The standard InChI is InChI=1S/C10H16N2OS/c1-8(11)9-4-2-5-12-10(9)14-7-3-6-13/h2,4-5,8,13H,3,6-7,11H2,1H3. The minimum Gasteiger partial charge on any atom is -0.396 e. The molecule has 0 aliphatic rings. The summed E-state index contributed by atoms with van der Waals surface area (Å²) < 4.78 is 0. The molecule has 0 bridgehead atoms. The number of pyridine rings is 1. The Bertz CT molecular complexity index is 279. The predicted molar refractivity (Wildman–Crippen MR) is 59.3 cm³/mol. The van der Waals surface area contributed by atoms with Gasteiger partial charge in [0, 0.05) is 30.2 Å². The number of nitrogens with zero attached hydrogens (tertiary/aromatic N) is 1. The van der Waals surface area contributed by atoms with Gasteiger partial charge in [0.2, 0.25) is 0 Å². The van der Waals surface area contributed by atoms with Crippen LogP contribution in [0.15, 0.2) is 23.4 Å². The van der Waals surface area contributed by atoms with Crippen molar-refractivity contribution in [3.8, 4) is 0 Å². The van der Waals surface area contributed by atoms with Crippen molar-refractivity contribution in [3.05, 3.63) is 23.9 Å². The minimum atomic E-state index is 0.0142. The van der Waals surface area contributed by atoms with Crippen LogP contribution < -0.4 is 5.73 Å². The van der Waals surface area contributed by atoms with Crippen LogP contribution in [0.5, 0.6) is 0 Å². The first-order valence-corrected chi connectivity index (χ1v) is 5.68. The van der Waals surface area contributed by atoms with Gasteiger partial charge in [0.25, 0.3) is 0 Å². The van der Waals surface area contributed by atoms with Crippen molar-refractivity contribution in [2.45, 2.75) is 24.4 Å². The van der Waals surface area contributed by atoms with Crippen LogP contribution in [0.1, 0.15) is 24.9 Å². The van der Waals surface area contributed by atoms with E-state index in [4.69, 9.17) is 10.8 Å². The molecule has 0 aliphatic heterocycles. The van der Waals surface area contributed by atoms with E-state index >= 15 is 0 Å². The topological polar surface area (TPSA) is 59.1 Å². The zero-order valence-corrected chi connectivity index (χ0v) is 9.13. The zero-order valence-electron chi connectivity index (χ0n) is 8.31. The Morgan fingerprint density at radius 2 is 2.43 bits per heavy atom. The molecule has 1 aromatic heterocycles. The van der Waals surface area contributed by atoms with E-state index in [-0.39, 0.29) is 12.6 Å². The molecule has 14 heavy (non-hydrogen) atoms. The molecule has 1 aromatic rings. The first-order valence-electron chi connectivity index (χ1n) is 4.70. The predicted octanol–water partition coefficient (Wildman–Crippen LogP) is 1.58. The number of nitrogens with two attached hydrogens (primary N) is 1. The molecule has 1 heterocycles. The summed E-state index contributed by atoms with van der Waals surface area (Å²) in [6, 6.07) is 3.91. The Hall–Kier alpha value is -0.580. The van der Waals surface area contributed by atoms with Crippen LogP contribution in [0.2, 0.25) is 0 Å². The van der Waals surface area contributed by atoms with Gasteiger partial charge in [-0.3, -0.25) is 0 Å². The smallest absolute Gasteiger partial charge is 0.101 e. The second-order valence-electron chi connectivity index (χ2n) is 3.11. The summed E-state index contributed by atoms with van der Waals surface area (Å²) in [6.45, 7) is 2.18. The molecule has 1 atom stereocenters. The van der Waals surface area contributed by atoms with E-state index in [0.29, 0.717) is 0 Å². The van der Waals surface area contributed by atoms with E-state index in [9.17, 15) is 0 Å². The van der Waals surface area contributed by atoms with Gasteiger partial charge in [0.1, 0.15) is 5.03 Å². The van der Waals surface area contributed by atoms with E-state index in [2.05, 4.69) is 4.98 Å². The number of aliphatic hydroxyl groups is 1. The molecule has 0 spiro atoms. The van der Waals surface area contributed by atoms with Crippen molar-refractivity contribution in [2.24, 2.45) is 5.73 Å². The zero-order chi connectivity index (χ0) is 10.4. The van der Waals surface area contributed by atoms with Crippen molar-refractivity contribution in [2.75, 3.05) is 12.4 Å². The van der Waals surface area contributed by atoms with Crippen LogP contribution >= 0.6 is 11.8 Å². The lowest BCUT2D eigenvalue weighted by atomic mass is 10.2. The van der Waals surface area contributed by atoms with Crippen molar-refractivity contribution in [1.82, 2.24) is 4.98 Å². The quantitative estimate of drug-likeness (QED) is 0.574. The molecule has 0 saturated heterocycles. The number of aliphatic hydroxyl groups excluding tert-OH is 1. The normalized spacial score (nSPS) is 12.8. The first-order chi connectivity index (χ1) is 6.75. The average molecular weight is 212 g/mol. The molecule has 3 nitrogen and oxygen atoms in total. The summed E-state index contributed by atoms with van der Waals surface area (Å²) in [5.41, 5.74) is 6.90. The summed E-state index contributed by atoms with van der Waals surface area (Å²) in [7, 11) is 0. The average Bonchev–Trinajstić information content (AvgIpc) is 2.19. The van der Waals surface area contributed by atoms with Crippen LogP contribution in [-0.2, 0) is 0 Å². The third-order valence-corrected chi connectivity index (χ3v) is 2.94. The fourth-order valence-electron chi connectivity index (χ4n) is 1.10. The molecule has 4 heteroatoms. The Morgan fingerprint density at radius 3 is 3.07 bits per heavy atom. The van der Waals surface area contributed by atoms with Gasteiger partial charge in [-0.15, -0.1) is 11.8 Å². The van der Waals surface area contributed by atoms with Gasteiger partial charge >= 0.3 is 0 Å². The molecule has 0 aliphatic carbocycles. The summed E-state index contributed by atoms with van der Waals surface area (Å²) in [5.74, 6) is 0.882. The van der Waals surface area contributed by atoms with Gasteiger partial charge < -0.3 is 10.8 Å². The molecular weight excluding hydrogens is 196 g/mol. The van der Waals surface area contributed by atoms with Gasteiger partial charge in [0.15, 0.2) is 0 Å². The highest BCUT2D eigenvalue weighted by Crippen LogP contribution is 2.24. The van der Waals surface area contributed by atoms with Gasteiger partial charge in [-0.05, 0) is 19.4 Å². The van der Waals surface area contributed by atoms with Gasteiger partial charge in [-0.2, -0.15) is 0 Å². The Labute approximate surface area is 88.7 Å². The lowest BCUT2D eigenvalue weighted by molar-refractivity contribution is 0.296. The molecule has 78 valence electrons. The summed E-state index contributed by atoms with van der Waals surface area (Å²) in [4.78, 5) is 4.27. The van der Waals surface area contributed by atoms with Crippen LogP contribution in [0.4, 0.5) is 0 Å². The maximum absolute atomic E-state index is 8.66.